The van der Waals surface area contributed by atoms with E-state index in [-0.39, 0.29) is 5.91 Å². The van der Waals surface area contributed by atoms with Crippen LogP contribution in [0.15, 0.2) is 42.7 Å². The maximum Gasteiger partial charge on any atom is 0.249 e. The molecule has 0 saturated heterocycles. The van der Waals surface area contributed by atoms with Crippen LogP contribution in [-0.4, -0.2) is 30.7 Å². The third-order valence-corrected chi connectivity index (χ3v) is 3.60. The van der Waals surface area contributed by atoms with Crippen LogP contribution in [-0.2, 0) is 22.7 Å². The summed E-state index contributed by atoms with van der Waals surface area (Å²) >= 11 is 0. The third kappa shape index (κ3) is 5.76. The molecule has 6 heteroatoms. The lowest BCUT2D eigenvalue weighted by Gasteiger charge is -2.14. The van der Waals surface area contributed by atoms with E-state index in [0.29, 0.717) is 31.3 Å². The number of hydrogen-bond donors (Lipinski definition) is 1. The maximum absolute atomic E-state index is 11.9. The van der Waals surface area contributed by atoms with Crippen molar-refractivity contribution < 1.29 is 19.0 Å². The van der Waals surface area contributed by atoms with Crippen LogP contribution >= 0.6 is 0 Å². The zero-order valence-corrected chi connectivity index (χ0v) is 14.8. The van der Waals surface area contributed by atoms with Gasteiger partial charge < -0.3 is 19.5 Å². The van der Waals surface area contributed by atoms with Crippen LogP contribution in [0.25, 0.3) is 0 Å². The number of rotatable bonds is 9. The van der Waals surface area contributed by atoms with Gasteiger partial charge in [0.25, 0.3) is 0 Å². The Morgan fingerprint density at radius 2 is 2.08 bits per heavy atom. The number of nitrogens with one attached hydrogen (secondary N) is 1. The average Bonchev–Trinajstić information content (AvgIpc) is 2.65. The fraction of sp³-hybridized carbons (Fsp3) is 0.368. The van der Waals surface area contributed by atoms with Gasteiger partial charge in [-0.3, -0.25) is 9.78 Å². The predicted molar refractivity (Wildman–Crippen MR) is 94.5 cm³/mol. The summed E-state index contributed by atoms with van der Waals surface area (Å²) in [7, 11) is 1.59. The minimum Gasteiger partial charge on any atom is -0.493 e. The first kappa shape index (κ1) is 18.7. The van der Waals surface area contributed by atoms with E-state index in [2.05, 4.69) is 10.3 Å². The van der Waals surface area contributed by atoms with E-state index in [4.69, 9.17) is 14.2 Å². The molecule has 1 heterocycles. The SMILES string of the molecule is CCO[C@H](C)C(=O)NCc1ccc(OCc2cccnc2)c(OC)c1. The summed E-state index contributed by atoms with van der Waals surface area (Å²) in [6.45, 7) is 4.90. The number of hydrogen-bond acceptors (Lipinski definition) is 5. The molecule has 0 spiro atoms. The summed E-state index contributed by atoms with van der Waals surface area (Å²) in [6.07, 6.45) is 3.02. The van der Waals surface area contributed by atoms with E-state index in [1.807, 2.05) is 37.3 Å². The minimum atomic E-state index is -0.464. The van der Waals surface area contributed by atoms with Crippen molar-refractivity contribution in [1.82, 2.24) is 10.3 Å². The second-order valence-electron chi connectivity index (χ2n) is 5.45. The Bertz CT molecular complexity index is 676. The molecule has 0 fully saturated rings. The largest absolute Gasteiger partial charge is 0.493 e. The molecule has 0 aliphatic rings. The standard InChI is InChI=1S/C19H24N2O4/c1-4-24-14(2)19(22)21-12-15-7-8-17(18(10-15)23-3)25-13-16-6-5-9-20-11-16/h5-11,14H,4,12-13H2,1-3H3,(H,21,22)/t14-/m1/s1. The number of nitrogens with zero attached hydrogens (tertiary/aromatic N) is 1. The van der Waals surface area contributed by atoms with Crippen molar-refractivity contribution in [3.05, 3.63) is 53.9 Å². The van der Waals surface area contributed by atoms with Gasteiger partial charge in [0.15, 0.2) is 11.5 Å². The Labute approximate surface area is 148 Å². The Balaban J connectivity index is 1.95. The molecule has 1 aromatic heterocycles. The first-order valence-electron chi connectivity index (χ1n) is 8.22. The molecule has 0 aliphatic carbocycles. The molecular formula is C19H24N2O4. The molecule has 1 aromatic carbocycles. The highest BCUT2D eigenvalue weighted by molar-refractivity contribution is 5.80. The van der Waals surface area contributed by atoms with E-state index in [1.165, 1.54) is 0 Å². The summed E-state index contributed by atoms with van der Waals surface area (Å²) in [6, 6.07) is 9.40. The molecule has 134 valence electrons. The number of methoxy groups -OCH3 is 1. The Morgan fingerprint density at radius 3 is 2.76 bits per heavy atom. The summed E-state index contributed by atoms with van der Waals surface area (Å²) in [5.74, 6) is 1.12. The van der Waals surface area contributed by atoms with E-state index >= 15 is 0 Å². The fourth-order valence-corrected chi connectivity index (χ4v) is 2.24. The molecule has 0 aliphatic heterocycles. The van der Waals surface area contributed by atoms with E-state index in [9.17, 15) is 4.79 Å². The van der Waals surface area contributed by atoms with Crippen LogP contribution in [0.4, 0.5) is 0 Å². The number of carbonyl (C=O) groups is 1. The van der Waals surface area contributed by atoms with Crippen LogP contribution in [0.3, 0.4) is 0 Å². The minimum absolute atomic E-state index is 0.141. The lowest BCUT2D eigenvalue weighted by Crippen LogP contribution is -2.34. The van der Waals surface area contributed by atoms with Crippen molar-refractivity contribution in [3.8, 4) is 11.5 Å². The molecule has 0 saturated carbocycles. The molecule has 25 heavy (non-hydrogen) atoms. The molecule has 6 nitrogen and oxygen atoms in total. The van der Waals surface area contributed by atoms with Crippen molar-refractivity contribution in [1.29, 1.82) is 0 Å². The zero-order chi connectivity index (χ0) is 18.1. The average molecular weight is 344 g/mol. The predicted octanol–water partition coefficient (Wildman–Crippen LogP) is 2.71. The molecule has 1 amide bonds. The van der Waals surface area contributed by atoms with Crippen LogP contribution in [0, 0.1) is 0 Å². The van der Waals surface area contributed by atoms with E-state index in [0.717, 1.165) is 11.1 Å². The maximum atomic E-state index is 11.9. The van der Waals surface area contributed by atoms with Gasteiger partial charge in [-0.05, 0) is 37.6 Å². The topological polar surface area (TPSA) is 69.7 Å². The van der Waals surface area contributed by atoms with Crippen molar-refractivity contribution in [3.63, 3.8) is 0 Å². The quantitative estimate of drug-likeness (QED) is 0.757. The van der Waals surface area contributed by atoms with Gasteiger partial charge in [-0.1, -0.05) is 12.1 Å². The summed E-state index contributed by atoms with van der Waals surface area (Å²) < 4.78 is 16.4. The summed E-state index contributed by atoms with van der Waals surface area (Å²) in [4.78, 5) is 15.9. The van der Waals surface area contributed by atoms with Gasteiger partial charge in [0.05, 0.1) is 7.11 Å². The van der Waals surface area contributed by atoms with Crippen LogP contribution in [0.5, 0.6) is 11.5 Å². The number of aromatic nitrogens is 1. The van der Waals surface area contributed by atoms with Crippen molar-refractivity contribution in [2.75, 3.05) is 13.7 Å². The highest BCUT2D eigenvalue weighted by Gasteiger charge is 2.12. The van der Waals surface area contributed by atoms with Crippen LogP contribution < -0.4 is 14.8 Å². The van der Waals surface area contributed by atoms with Gasteiger partial charge in [0.2, 0.25) is 5.91 Å². The smallest absolute Gasteiger partial charge is 0.249 e. The first-order chi connectivity index (χ1) is 12.1. The lowest BCUT2D eigenvalue weighted by molar-refractivity contribution is -0.131. The molecule has 2 rings (SSSR count). The number of ether oxygens (including phenoxy) is 3. The highest BCUT2D eigenvalue weighted by atomic mass is 16.5. The van der Waals surface area contributed by atoms with Gasteiger partial charge >= 0.3 is 0 Å². The molecule has 2 aromatic rings. The Kier molecular flexibility index (Phi) is 7.22. The number of pyridine rings is 1. The summed E-state index contributed by atoms with van der Waals surface area (Å²) in [5, 5.41) is 2.84. The third-order valence-electron chi connectivity index (χ3n) is 3.60. The molecule has 1 atom stereocenters. The van der Waals surface area contributed by atoms with Gasteiger partial charge in [-0.25, -0.2) is 0 Å². The Morgan fingerprint density at radius 1 is 1.24 bits per heavy atom. The second-order valence-corrected chi connectivity index (χ2v) is 5.45. The second kappa shape index (κ2) is 9.64. The van der Waals surface area contributed by atoms with Crippen molar-refractivity contribution in [2.24, 2.45) is 0 Å². The van der Waals surface area contributed by atoms with Gasteiger partial charge in [0.1, 0.15) is 12.7 Å². The highest BCUT2D eigenvalue weighted by Crippen LogP contribution is 2.28. The number of carbonyl (C=O) groups excluding carboxylic acids is 1. The molecule has 0 unspecified atom stereocenters. The van der Waals surface area contributed by atoms with Crippen LogP contribution in [0.1, 0.15) is 25.0 Å². The van der Waals surface area contributed by atoms with Gasteiger partial charge in [0, 0.05) is 31.1 Å². The number of amides is 1. The van der Waals surface area contributed by atoms with Gasteiger partial charge in [-0.15, -0.1) is 0 Å². The van der Waals surface area contributed by atoms with Crippen molar-refractivity contribution >= 4 is 5.91 Å². The Hall–Kier alpha value is -2.60. The monoisotopic (exact) mass is 344 g/mol. The van der Waals surface area contributed by atoms with Crippen LogP contribution in [0.2, 0.25) is 0 Å². The van der Waals surface area contributed by atoms with E-state index < -0.39 is 6.10 Å². The van der Waals surface area contributed by atoms with E-state index in [1.54, 1.807) is 26.4 Å². The molecule has 1 N–H and O–H groups in total. The van der Waals surface area contributed by atoms with Crippen molar-refractivity contribution in [2.45, 2.75) is 33.1 Å². The zero-order valence-electron chi connectivity index (χ0n) is 14.8. The summed E-state index contributed by atoms with van der Waals surface area (Å²) in [5.41, 5.74) is 1.90. The molecule has 0 radical (unpaired) electrons. The van der Waals surface area contributed by atoms with Gasteiger partial charge in [-0.2, -0.15) is 0 Å². The fourth-order valence-electron chi connectivity index (χ4n) is 2.24. The molecule has 0 bridgehead atoms. The lowest BCUT2D eigenvalue weighted by atomic mass is 10.2. The molecular weight excluding hydrogens is 320 g/mol. The normalized spacial score (nSPS) is 11.6. The first-order valence-corrected chi connectivity index (χ1v) is 8.22. The number of benzene rings is 1.